The molecule has 114 valence electrons. The SMILES string of the molecule is CC1CCC(CNc2sc(C(=O)C(C)C)c(N)c2C#N)C1. The fraction of sp³-hybridized carbons (Fsp3) is 0.625. The largest absolute Gasteiger partial charge is 0.396 e. The van der Waals surface area contributed by atoms with E-state index >= 15 is 0 Å². The molecule has 2 atom stereocenters. The van der Waals surface area contributed by atoms with E-state index in [1.54, 1.807) is 0 Å². The van der Waals surface area contributed by atoms with Crippen molar-refractivity contribution in [3.05, 3.63) is 10.4 Å². The lowest BCUT2D eigenvalue weighted by atomic mass is 10.1. The number of hydrogen-bond donors (Lipinski definition) is 2. The maximum absolute atomic E-state index is 12.1. The number of hydrogen-bond acceptors (Lipinski definition) is 5. The van der Waals surface area contributed by atoms with Crippen molar-refractivity contribution in [1.29, 1.82) is 5.26 Å². The molecule has 1 saturated carbocycles. The molecule has 0 amide bonds. The summed E-state index contributed by atoms with van der Waals surface area (Å²) in [6, 6.07) is 2.13. The van der Waals surface area contributed by atoms with Crippen LogP contribution in [0.4, 0.5) is 10.7 Å². The van der Waals surface area contributed by atoms with Crippen molar-refractivity contribution in [3.8, 4) is 6.07 Å². The molecule has 3 N–H and O–H groups in total. The minimum absolute atomic E-state index is 0.0107. The first-order valence-corrected chi connectivity index (χ1v) is 8.36. The van der Waals surface area contributed by atoms with Gasteiger partial charge >= 0.3 is 0 Å². The van der Waals surface area contributed by atoms with E-state index in [0.29, 0.717) is 22.0 Å². The van der Waals surface area contributed by atoms with E-state index in [1.807, 2.05) is 13.8 Å². The van der Waals surface area contributed by atoms with E-state index in [1.165, 1.54) is 30.6 Å². The van der Waals surface area contributed by atoms with Crippen LogP contribution < -0.4 is 11.1 Å². The number of carbonyl (C=O) groups excluding carboxylic acids is 1. The Labute approximate surface area is 130 Å². The number of anilines is 2. The van der Waals surface area contributed by atoms with E-state index in [9.17, 15) is 10.1 Å². The molecule has 0 radical (unpaired) electrons. The maximum atomic E-state index is 12.1. The number of nitriles is 1. The normalized spacial score (nSPS) is 21.5. The summed E-state index contributed by atoms with van der Waals surface area (Å²) in [6.45, 7) is 6.83. The zero-order chi connectivity index (χ0) is 15.6. The van der Waals surface area contributed by atoms with Crippen molar-refractivity contribution in [3.63, 3.8) is 0 Å². The molecule has 1 aromatic heterocycles. The molecule has 0 aliphatic heterocycles. The van der Waals surface area contributed by atoms with Crippen molar-refractivity contribution in [1.82, 2.24) is 0 Å². The number of carbonyl (C=O) groups is 1. The lowest BCUT2D eigenvalue weighted by Gasteiger charge is -2.11. The second kappa shape index (κ2) is 6.48. The summed E-state index contributed by atoms with van der Waals surface area (Å²) in [6.07, 6.45) is 3.74. The Morgan fingerprint density at radius 2 is 2.24 bits per heavy atom. The summed E-state index contributed by atoms with van der Waals surface area (Å²) in [4.78, 5) is 12.7. The molecule has 5 heteroatoms. The fourth-order valence-electron chi connectivity index (χ4n) is 2.87. The molecule has 1 aliphatic carbocycles. The van der Waals surface area contributed by atoms with Gasteiger partial charge in [0.15, 0.2) is 5.78 Å². The lowest BCUT2D eigenvalue weighted by molar-refractivity contribution is 0.0944. The van der Waals surface area contributed by atoms with Gasteiger partial charge in [0.05, 0.1) is 10.6 Å². The Bertz CT molecular complexity index is 571. The minimum atomic E-state index is -0.110. The highest BCUT2D eigenvalue weighted by Crippen LogP contribution is 2.37. The minimum Gasteiger partial charge on any atom is -0.396 e. The van der Waals surface area contributed by atoms with E-state index in [0.717, 1.165) is 17.5 Å². The smallest absolute Gasteiger partial charge is 0.177 e. The average molecular weight is 305 g/mol. The summed E-state index contributed by atoms with van der Waals surface area (Å²) >= 11 is 1.32. The third kappa shape index (κ3) is 3.38. The predicted octanol–water partition coefficient (Wildman–Crippen LogP) is 3.89. The summed E-state index contributed by atoms with van der Waals surface area (Å²) < 4.78 is 0. The Balaban J connectivity index is 2.14. The number of rotatable bonds is 5. The molecule has 1 aliphatic rings. The molecular formula is C16H23N3OS. The van der Waals surface area contributed by atoms with Gasteiger partial charge < -0.3 is 11.1 Å². The van der Waals surface area contributed by atoms with Crippen LogP contribution in [0.1, 0.15) is 55.3 Å². The Kier molecular flexibility index (Phi) is 4.89. The van der Waals surface area contributed by atoms with Gasteiger partial charge in [-0.3, -0.25) is 4.79 Å². The van der Waals surface area contributed by atoms with Gasteiger partial charge in [-0.1, -0.05) is 27.2 Å². The highest BCUT2D eigenvalue weighted by Gasteiger charge is 2.25. The van der Waals surface area contributed by atoms with Crippen LogP contribution in [0.15, 0.2) is 0 Å². The van der Waals surface area contributed by atoms with Gasteiger partial charge in [0.2, 0.25) is 0 Å². The maximum Gasteiger partial charge on any atom is 0.177 e. The third-order valence-corrected chi connectivity index (χ3v) is 5.34. The molecule has 21 heavy (non-hydrogen) atoms. The van der Waals surface area contributed by atoms with Crippen LogP contribution in [0.3, 0.4) is 0 Å². The molecule has 0 spiro atoms. The van der Waals surface area contributed by atoms with E-state index in [-0.39, 0.29) is 11.7 Å². The molecule has 1 heterocycles. The van der Waals surface area contributed by atoms with E-state index in [2.05, 4.69) is 18.3 Å². The van der Waals surface area contributed by atoms with Gasteiger partial charge in [-0.2, -0.15) is 5.26 Å². The predicted molar refractivity (Wildman–Crippen MR) is 87.6 cm³/mol. The molecule has 1 aromatic rings. The topological polar surface area (TPSA) is 78.9 Å². The standard InChI is InChI=1S/C16H23N3OS/c1-9(2)14(20)15-13(18)12(7-17)16(21-15)19-8-11-5-4-10(3)6-11/h9-11,19H,4-6,8,18H2,1-3H3. The average Bonchev–Trinajstić information content (AvgIpc) is 2.99. The van der Waals surface area contributed by atoms with Crippen LogP contribution in [-0.4, -0.2) is 12.3 Å². The number of nitrogens with zero attached hydrogens (tertiary/aromatic N) is 1. The van der Waals surface area contributed by atoms with E-state index < -0.39 is 0 Å². The highest BCUT2D eigenvalue weighted by atomic mass is 32.1. The number of nitrogens with one attached hydrogen (secondary N) is 1. The van der Waals surface area contributed by atoms with E-state index in [4.69, 9.17) is 5.73 Å². The number of ketones is 1. The molecule has 0 bridgehead atoms. The Morgan fingerprint density at radius 1 is 1.52 bits per heavy atom. The zero-order valence-corrected chi connectivity index (χ0v) is 13.7. The van der Waals surface area contributed by atoms with Crippen LogP contribution in [-0.2, 0) is 0 Å². The molecule has 0 saturated heterocycles. The van der Waals surface area contributed by atoms with Crippen molar-refractivity contribution < 1.29 is 4.79 Å². The van der Waals surface area contributed by atoms with Crippen molar-refractivity contribution in [2.75, 3.05) is 17.6 Å². The second-order valence-corrected chi connectivity index (χ2v) is 7.37. The zero-order valence-electron chi connectivity index (χ0n) is 12.9. The van der Waals surface area contributed by atoms with Crippen LogP contribution >= 0.6 is 11.3 Å². The van der Waals surface area contributed by atoms with Gasteiger partial charge in [-0.05, 0) is 24.7 Å². The molecule has 1 fully saturated rings. The first kappa shape index (κ1) is 15.8. The first-order valence-electron chi connectivity index (χ1n) is 7.54. The number of nitrogens with two attached hydrogens (primary N) is 1. The summed E-state index contributed by atoms with van der Waals surface area (Å²) in [5, 5.41) is 13.4. The Hall–Kier alpha value is -1.54. The monoisotopic (exact) mass is 305 g/mol. The van der Waals surface area contributed by atoms with Crippen LogP contribution in [0.5, 0.6) is 0 Å². The van der Waals surface area contributed by atoms with Crippen molar-refractivity contribution in [2.24, 2.45) is 17.8 Å². The number of thiophene rings is 1. The van der Waals surface area contributed by atoms with Crippen LogP contribution in [0.25, 0.3) is 0 Å². The molecule has 2 unspecified atom stereocenters. The molecule has 2 rings (SSSR count). The van der Waals surface area contributed by atoms with Gasteiger partial charge in [-0.25, -0.2) is 0 Å². The van der Waals surface area contributed by atoms with Crippen LogP contribution in [0.2, 0.25) is 0 Å². The fourth-order valence-corrected chi connectivity index (χ4v) is 4.04. The lowest BCUT2D eigenvalue weighted by Crippen LogP contribution is -2.11. The highest BCUT2D eigenvalue weighted by molar-refractivity contribution is 7.19. The molecular weight excluding hydrogens is 282 g/mol. The second-order valence-electron chi connectivity index (χ2n) is 6.34. The quantitative estimate of drug-likeness (QED) is 0.809. The number of nitrogen functional groups attached to an aromatic ring is 1. The molecule has 4 nitrogen and oxygen atoms in total. The van der Waals surface area contributed by atoms with Gasteiger partial charge in [0, 0.05) is 12.5 Å². The third-order valence-electron chi connectivity index (χ3n) is 4.16. The first-order chi connectivity index (χ1) is 9.93. The summed E-state index contributed by atoms with van der Waals surface area (Å²) in [5.74, 6) is 1.34. The van der Waals surface area contributed by atoms with Gasteiger partial charge in [-0.15, -0.1) is 11.3 Å². The van der Waals surface area contributed by atoms with Crippen molar-refractivity contribution in [2.45, 2.75) is 40.0 Å². The molecule has 0 aromatic carbocycles. The van der Waals surface area contributed by atoms with Gasteiger partial charge in [0.1, 0.15) is 16.6 Å². The summed E-state index contributed by atoms with van der Waals surface area (Å²) in [5.41, 5.74) is 6.75. The van der Waals surface area contributed by atoms with Gasteiger partial charge in [0.25, 0.3) is 0 Å². The summed E-state index contributed by atoms with van der Waals surface area (Å²) in [7, 11) is 0. The Morgan fingerprint density at radius 3 is 2.76 bits per heavy atom. The number of Topliss-reactive ketones (excluding diaryl/α,β-unsaturated/α-hetero) is 1. The van der Waals surface area contributed by atoms with Crippen LogP contribution in [0, 0.1) is 29.1 Å². The van der Waals surface area contributed by atoms with Crippen molar-refractivity contribution >= 4 is 27.8 Å².